The van der Waals surface area contributed by atoms with Crippen LogP contribution in [0.15, 0.2) is 67.0 Å². The first kappa shape index (κ1) is 30.3. The zero-order valence-electron chi connectivity index (χ0n) is 23.8. The molecule has 1 saturated heterocycles. The molecule has 0 bridgehead atoms. The third-order valence-corrected chi connectivity index (χ3v) is 8.01. The minimum absolute atomic E-state index is 0.0163. The second-order valence-electron chi connectivity index (χ2n) is 10.2. The fraction of sp³-hybridized carbons (Fsp3) is 0.419. The third kappa shape index (κ3) is 8.68. The van der Waals surface area contributed by atoms with Crippen LogP contribution in [0.1, 0.15) is 24.8 Å². The highest BCUT2D eigenvalue weighted by atomic mass is 32.2. The van der Waals surface area contributed by atoms with Gasteiger partial charge in [-0.3, -0.25) is 19.5 Å². The fourth-order valence-electron chi connectivity index (χ4n) is 5.33. The summed E-state index contributed by atoms with van der Waals surface area (Å²) in [5.41, 5.74) is 1.96. The molecule has 1 aliphatic heterocycles. The lowest BCUT2D eigenvalue weighted by Gasteiger charge is -2.31. The molecular formula is C31H39N5O4S. The van der Waals surface area contributed by atoms with Gasteiger partial charge in [-0.1, -0.05) is 42.5 Å². The first-order chi connectivity index (χ1) is 20.0. The number of anilines is 1. The van der Waals surface area contributed by atoms with Gasteiger partial charge in [0.15, 0.2) is 0 Å². The molecule has 0 radical (unpaired) electrons. The van der Waals surface area contributed by atoms with Gasteiger partial charge in [0, 0.05) is 43.8 Å². The van der Waals surface area contributed by atoms with Crippen LogP contribution in [0, 0.1) is 0 Å². The molecule has 1 aromatic heterocycles. The number of likely N-dealkylation sites (tertiary alicyclic amines) is 1. The Balaban J connectivity index is 1.49. The number of fused-ring (bicyclic) bond motifs is 1. The largest absolute Gasteiger partial charge is 0.467 e. The van der Waals surface area contributed by atoms with E-state index in [9.17, 15) is 14.4 Å². The number of nitrogens with zero attached hydrogens (tertiary/aromatic N) is 3. The lowest BCUT2D eigenvalue weighted by molar-refractivity contribution is -0.145. The fourth-order valence-corrected chi connectivity index (χ4v) is 5.80. The van der Waals surface area contributed by atoms with Crippen molar-refractivity contribution in [3.05, 3.63) is 72.6 Å². The maximum Gasteiger partial charge on any atom is 0.328 e. The van der Waals surface area contributed by atoms with E-state index in [4.69, 9.17) is 4.74 Å². The normalized spacial score (nSPS) is 15.6. The van der Waals surface area contributed by atoms with Gasteiger partial charge in [-0.05, 0) is 59.7 Å². The molecule has 2 amide bonds. The molecule has 2 heterocycles. The van der Waals surface area contributed by atoms with Gasteiger partial charge in [0.25, 0.3) is 0 Å². The summed E-state index contributed by atoms with van der Waals surface area (Å²) in [6, 6.07) is 17.4. The molecule has 218 valence electrons. The molecule has 4 rings (SSSR count). The summed E-state index contributed by atoms with van der Waals surface area (Å²) in [6.07, 6.45) is 7.62. The van der Waals surface area contributed by atoms with Crippen molar-refractivity contribution in [3.63, 3.8) is 0 Å². The van der Waals surface area contributed by atoms with Gasteiger partial charge in [-0.2, -0.15) is 11.8 Å². The van der Waals surface area contributed by atoms with E-state index >= 15 is 0 Å². The minimum atomic E-state index is -0.692. The number of ether oxygens (including phenoxy) is 1. The van der Waals surface area contributed by atoms with Crippen LogP contribution < -0.4 is 10.6 Å². The first-order valence-electron chi connectivity index (χ1n) is 14.0. The standard InChI is InChI=1S/C31H39N5O4S/c1-40-31(39)28(14-18-41-2)34-29(37)22-35(20-24-9-5-8-23-7-3-4-11-27(23)24)21-26-10-6-17-36(26)30(38)19-33-25-12-15-32-16-13-25/h3-5,7-9,11-13,15-16,26,28H,6,10,14,17-22H2,1-2H3,(H,32,33)(H,34,37)/t26-,28?/m0/s1. The number of rotatable bonds is 14. The summed E-state index contributed by atoms with van der Waals surface area (Å²) >= 11 is 1.61. The summed E-state index contributed by atoms with van der Waals surface area (Å²) in [4.78, 5) is 46.9. The minimum Gasteiger partial charge on any atom is -0.467 e. The molecular weight excluding hydrogens is 538 g/mol. The first-order valence-corrected chi connectivity index (χ1v) is 15.4. The van der Waals surface area contributed by atoms with E-state index in [1.54, 1.807) is 24.2 Å². The number of aromatic nitrogens is 1. The van der Waals surface area contributed by atoms with Crippen LogP contribution in [0.5, 0.6) is 0 Å². The number of thioether (sulfide) groups is 1. The molecule has 1 fully saturated rings. The predicted octanol–water partition coefficient (Wildman–Crippen LogP) is 3.55. The van der Waals surface area contributed by atoms with Gasteiger partial charge in [-0.25, -0.2) is 4.79 Å². The Morgan fingerprint density at radius 1 is 1.12 bits per heavy atom. The number of benzene rings is 2. The van der Waals surface area contributed by atoms with Crippen molar-refractivity contribution in [2.24, 2.45) is 0 Å². The predicted molar refractivity (Wildman–Crippen MR) is 164 cm³/mol. The Kier molecular flexibility index (Phi) is 11.4. The summed E-state index contributed by atoms with van der Waals surface area (Å²) in [5, 5.41) is 8.35. The molecule has 0 spiro atoms. The molecule has 0 aliphatic carbocycles. The number of carbonyl (C=O) groups excluding carboxylic acids is 3. The SMILES string of the molecule is COC(=O)C(CCSC)NC(=O)CN(Cc1cccc2ccccc12)C[C@@H]1CCCN1C(=O)CNc1ccncc1. The molecule has 3 aromatic rings. The van der Waals surface area contributed by atoms with E-state index in [1.165, 1.54) is 7.11 Å². The summed E-state index contributed by atoms with van der Waals surface area (Å²) < 4.78 is 4.93. The van der Waals surface area contributed by atoms with Crippen molar-refractivity contribution >= 4 is 46.0 Å². The summed E-state index contributed by atoms with van der Waals surface area (Å²) in [5.74, 6) is 0.0767. The third-order valence-electron chi connectivity index (χ3n) is 7.36. The zero-order chi connectivity index (χ0) is 29.0. The highest BCUT2D eigenvalue weighted by Gasteiger charge is 2.31. The number of carbonyl (C=O) groups is 3. The number of methoxy groups -OCH3 is 1. The number of hydrogen-bond acceptors (Lipinski definition) is 8. The monoisotopic (exact) mass is 577 g/mol. The second kappa shape index (κ2) is 15.4. The molecule has 2 aromatic carbocycles. The Bertz CT molecular complexity index is 1300. The maximum atomic E-state index is 13.3. The van der Waals surface area contributed by atoms with Crippen molar-refractivity contribution in [3.8, 4) is 0 Å². The number of hydrogen-bond donors (Lipinski definition) is 2. The van der Waals surface area contributed by atoms with E-state index < -0.39 is 12.0 Å². The molecule has 41 heavy (non-hydrogen) atoms. The van der Waals surface area contributed by atoms with Crippen molar-refractivity contribution in [1.82, 2.24) is 20.1 Å². The summed E-state index contributed by atoms with van der Waals surface area (Å²) in [7, 11) is 1.34. The molecule has 2 N–H and O–H groups in total. The highest BCUT2D eigenvalue weighted by Crippen LogP contribution is 2.23. The Hall–Kier alpha value is -3.63. The second-order valence-corrected chi connectivity index (χ2v) is 11.2. The quantitative estimate of drug-likeness (QED) is 0.281. The van der Waals surface area contributed by atoms with E-state index in [1.807, 2.05) is 41.5 Å². The van der Waals surface area contributed by atoms with E-state index in [-0.39, 0.29) is 30.9 Å². The molecule has 0 saturated carbocycles. The number of amides is 2. The van der Waals surface area contributed by atoms with Crippen LogP contribution in [-0.2, 0) is 25.7 Å². The van der Waals surface area contributed by atoms with Crippen molar-refractivity contribution < 1.29 is 19.1 Å². The molecule has 9 nitrogen and oxygen atoms in total. The average molecular weight is 578 g/mol. The number of esters is 1. The van der Waals surface area contributed by atoms with Gasteiger partial charge in [0.1, 0.15) is 6.04 Å². The Labute approximate surface area is 246 Å². The lowest BCUT2D eigenvalue weighted by Crippen LogP contribution is -2.49. The van der Waals surface area contributed by atoms with Crippen LogP contribution in [0.25, 0.3) is 10.8 Å². The lowest BCUT2D eigenvalue weighted by atomic mass is 10.0. The van der Waals surface area contributed by atoms with E-state index in [0.717, 1.165) is 40.6 Å². The van der Waals surface area contributed by atoms with Gasteiger partial charge in [0.05, 0.1) is 20.2 Å². The van der Waals surface area contributed by atoms with Crippen LogP contribution >= 0.6 is 11.8 Å². The van der Waals surface area contributed by atoms with Crippen molar-refractivity contribution in [2.45, 2.75) is 37.9 Å². The van der Waals surface area contributed by atoms with Crippen molar-refractivity contribution in [1.29, 1.82) is 0 Å². The molecule has 2 atom stereocenters. The summed E-state index contributed by atoms with van der Waals surface area (Å²) in [6.45, 7) is 2.07. The number of nitrogens with one attached hydrogen (secondary N) is 2. The Morgan fingerprint density at radius 3 is 2.68 bits per heavy atom. The van der Waals surface area contributed by atoms with Gasteiger partial charge in [-0.15, -0.1) is 0 Å². The smallest absolute Gasteiger partial charge is 0.328 e. The van der Waals surface area contributed by atoms with Gasteiger partial charge < -0.3 is 20.3 Å². The highest BCUT2D eigenvalue weighted by molar-refractivity contribution is 7.98. The topological polar surface area (TPSA) is 104 Å². The Morgan fingerprint density at radius 2 is 1.90 bits per heavy atom. The molecule has 10 heteroatoms. The van der Waals surface area contributed by atoms with Crippen LogP contribution in [0.2, 0.25) is 0 Å². The van der Waals surface area contributed by atoms with Crippen molar-refractivity contribution in [2.75, 3.05) is 50.6 Å². The van der Waals surface area contributed by atoms with Crippen LogP contribution in [0.4, 0.5) is 5.69 Å². The van der Waals surface area contributed by atoms with E-state index in [2.05, 4.69) is 44.8 Å². The average Bonchev–Trinajstić information content (AvgIpc) is 3.46. The maximum absolute atomic E-state index is 13.3. The van der Waals surface area contributed by atoms with Gasteiger partial charge >= 0.3 is 5.97 Å². The van der Waals surface area contributed by atoms with E-state index in [0.29, 0.717) is 26.1 Å². The van der Waals surface area contributed by atoms with Crippen LogP contribution in [0.3, 0.4) is 0 Å². The number of pyridine rings is 1. The van der Waals surface area contributed by atoms with Crippen LogP contribution in [-0.4, -0.2) is 89.9 Å². The zero-order valence-corrected chi connectivity index (χ0v) is 24.6. The van der Waals surface area contributed by atoms with Gasteiger partial charge in [0.2, 0.25) is 11.8 Å². The molecule has 1 unspecified atom stereocenters. The molecule has 1 aliphatic rings.